The van der Waals surface area contributed by atoms with Crippen LogP contribution in [0.4, 0.5) is 0 Å². The van der Waals surface area contributed by atoms with Crippen molar-refractivity contribution in [3.8, 4) is 5.88 Å². The highest BCUT2D eigenvalue weighted by atomic mass is 35.5. The number of hydrogen-bond acceptors (Lipinski definition) is 3. The van der Waals surface area contributed by atoms with Crippen LogP contribution < -0.4 is 4.74 Å². The summed E-state index contributed by atoms with van der Waals surface area (Å²) in [6.45, 7) is 5.69. The second-order valence-electron chi connectivity index (χ2n) is 5.09. The molecule has 1 unspecified atom stereocenters. The third-order valence-electron chi connectivity index (χ3n) is 3.09. The zero-order chi connectivity index (χ0) is 15.6. The number of rotatable bonds is 5. The zero-order valence-electron chi connectivity index (χ0n) is 12.2. The van der Waals surface area contributed by atoms with Crippen molar-refractivity contribution < 1.29 is 9.84 Å². The Bertz CT molecular complexity index is 626. The summed E-state index contributed by atoms with van der Waals surface area (Å²) in [4.78, 5) is 0. The minimum atomic E-state index is -0.138. The Morgan fingerprint density at radius 3 is 2.52 bits per heavy atom. The molecule has 0 bridgehead atoms. The Labute approximate surface area is 134 Å². The quantitative estimate of drug-likeness (QED) is 0.899. The first-order valence-electron chi connectivity index (χ1n) is 6.73. The van der Waals surface area contributed by atoms with Crippen molar-refractivity contribution in [1.82, 2.24) is 9.78 Å². The van der Waals surface area contributed by atoms with E-state index in [4.69, 9.17) is 27.9 Å². The average molecular weight is 329 g/mol. The largest absolute Gasteiger partial charge is 0.474 e. The fourth-order valence-corrected chi connectivity index (χ4v) is 2.70. The summed E-state index contributed by atoms with van der Waals surface area (Å²) in [7, 11) is 0. The van der Waals surface area contributed by atoms with E-state index in [0.29, 0.717) is 21.6 Å². The fraction of sp³-hybridized carbons (Fsp3) is 0.400. The van der Waals surface area contributed by atoms with Gasteiger partial charge in [-0.2, -0.15) is 0 Å². The van der Waals surface area contributed by atoms with Gasteiger partial charge in [0.1, 0.15) is 0 Å². The van der Waals surface area contributed by atoms with Crippen molar-refractivity contribution in [3.63, 3.8) is 0 Å². The maximum atomic E-state index is 9.50. The van der Waals surface area contributed by atoms with Gasteiger partial charge in [0.2, 0.25) is 5.88 Å². The molecule has 114 valence electrons. The van der Waals surface area contributed by atoms with Crippen LogP contribution in [0.1, 0.15) is 38.1 Å². The van der Waals surface area contributed by atoms with Crippen molar-refractivity contribution >= 4 is 23.2 Å². The number of aromatic nitrogens is 2. The van der Waals surface area contributed by atoms with Crippen molar-refractivity contribution in [2.75, 3.05) is 0 Å². The third-order valence-corrected chi connectivity index (χ3v) is 3.65. The zero-order valence-corrected chi connectivity index (χ0v) is 13.7. The molecule has 6 heteroatoms. The van der Waals surface area contributed by atoms with Crippen molar-refractivity contribution in [1.29, 1.82) is 0 Å². The lowest BCUT2D eigenvalue weighted by Crippen LogP contribution is -2.13. The van der Waals surface area contributed by atoms with Gasteiger partial charge in [-0.25, -0.2) is 0 Å². The molecule has 0 aliphatic carbocycles. The van der Waals surface area contributed by atoms with E-state index in [0.717, 1.165) is 5.56 Å². The highest BCUT2D eigenvalue weighted by Gasteiger charge is 2.18. The van der Waals surface area contributed by atoms with Gasteiger partial charge < -0.3 is 9.84 Å². The van der Waals surface area contributed by atoms with Crippen LogP contribution in [0.2, 0.25) is 10.0 Å². The Morgan fingerprint density at radius 1 is 1.24 bits per heavy atom. The second kappa shape index (κ2) is 6.69. The molecule has 0 saturated carbocycles. The van der Waals surface area contributed by atoms with Crippen LogP contribution >= 0.6 is 23.2 Å². The number of hydrogen-bond donors (Lipinski definition) is 1. The van der Waals surface area contributed by atoms with Crippen LogP contribution in [0.5, 0.6) is 5.88 Å². The number of nitrogens with zero attached hydrogens (tertiary/aromatic N) is 2. The molecule has 1 atom stereocenters. The first-order valence-corrected chi connectivity index (χ1v) is 7.49. The third kappa shape index (κ3) is 3.70. The first kappa shape index (κ1) is 16.1. The summed E-state index contributed by atoms with van der Waals surface area (Å²) in [5.74, 6) is 0.492. The molecular formula is C15H18Cl2N2O2. The first-order chi connectivity index (χ1) is 9.92. The molecule has 0 aliphatic rings. The lowest BCUT2D eigenvalue weighted by Gasteiger charge is -2.17. The summed E-state index contributed by atoms with van der Waals surface area (Å²) < 4.78 is 7.29. The van der Waals surface area contributed by atoms with Crippen molar-refractivity contribution in [3.05, 3.63) is 45.6 Å². The normalized spacial score (nSPS) is 12.7. The molecule has 4 nitrogen and oxygen atoms in total. The molecule has 0 spiro atoms. The summed E-state index contributed by atoms with van der Waals surface area (Å²) in [6.07, 6.45) is 0.0225. The summed E-state index contributed by atoms with van der Waals surface area (Å²) in [6, 6.07) is 6.94. The molecule has 1 N–H and O–H groups in total. The molecule has 0 amide bonds. The molecule has 0 radical (unpaired) electrons. The lowest BCUT2D eigenvalue weighted by molar-refractivity contribution is 0.229. The predicted octanol–water partition coefficient (Wildman–Crippen LogP) is 4.08. The minimum absolute atomic E-state index is 0.0225. The fourth-order valence-electron chi connectivity index (χ4n) is 2.13. The van der Waals surface area contributed by atoms with Gasteiger partial charge in [0, 0.05) is 16.1 Å². The monoisotopic (exact) mass is 328 g/mol. The molecule has 2 rings (SSSR count). The topological polar surface area (TPSA) is 47.3 Å². The molecule has 21 heavy (non-hydrogen) atoms. The van der Waals surface area contributed by atoms with E-state index in [-0.39, 0.29) is 18.8 Å². The Hall–Kier alpha value is -1.23. The van der Waals surface area contributed by atoms with E-state index in [2.05, 4.69) is 5.10 Å². The van der Waals surface area contributed by atoms with Gasteiger partial charge in [-0.05, 0) is 38.5 Å². The molecule has 1 heterocycles. The van der Waals surface area contributed by atoms with Crippen LogP contribution in [-0.4, -0.2) is 21.0 Å². The standard InChI is InChI=1S/C15H18Cl2N2O2/c1-9(2)21-15-7-12(8-20)19(18-15)10(3)13-5-4-11(16)6-14(13)17/h4-7,9-10,20H,8H2,1-3H3. The molecule has 0 aliphatic heterocycles. The van der Waals surface area contributed by atoms with Gasteiger partial charge in [-0.3, -0.25) is 4.68 Å². The molecule has 0 fully saturated rings. The predicted molar refractivity (Wildman–Crippen MR) is 84.2 cm³/mol. The lowest BCUT2D eigenvalue weighted by atomic mass is 10.1. The molecule has 1 aromatic heterocycles. The van der Waals surface area contributed by atoms with Crippen LogP contribution in [0.25, 0.3) is 0 Å². The van der Waals surface area contributed by atoms with Crippen molar-refractivity contribution in [2.24, 2.45) is 0 Å². The van der Waals surface area contributed by atoms with Crippen LogP contribution in [0.15, 0.2) is 24.3 Å². The van der Waals surface area contributed by atoms with E-state index < -0.39 is 0 Å². The highest BCUT2D eigenvalue weighted by Crippen LogP contribution is 2.30. The molecular weight excluding hydrogens is 311 g/mol. The van der Waals surface area contributed by atoms with Gasteiger partial charge >= 0.3 is 0 Å². The van der Waals surface area contributed by atoms with Gasteiger partial charge in [0.15, 0.2) is 0 Å². The van der Waals surface area contributed by atoms with Crippen LogP contribution in [0, 0.1) is 0 Å². The average Bonchev–Trinajstić information content (AvgIpc) is 2.80. The van der Waals surface area contributed by atoms with Gasteiger partial charge in [0.25, 0.3) is 0 Å². The van der Waals surface area contributed by atoms with Crippen LogP contribution in [-0.2, 0) is 6.61 Å². The maximum absolute atomic E-state index is 9.50. The van der Waals surface area contributed by atoms with E-state index in [9.17, 15) is 5.11 Å². The number of benzene rings is 1. The number of aliphatic hydroxyl groups is 1. The van der Waals surface area contributed by atoms with Gasteiger partial charge in [0.05, 0.1) is 24.4 Å². The maximum Gasteiger partial charge on any atom is 0.233 e. The number of aliphatic hydroxyl groups excluding tert-OH is 1. The smallest absolute Gasteiger partial charge is 0.233 e. The minimum Gasteiger partial charge on any atom is -0.474 e. The highest BCUT2D eigenvalue weighted by molar-refractivity contribution is 6.35. The summed E-state index contributed by atoms with van der Waals surface area (Å²) >= 11 is 12.2. The summed E-state index contributed by atoms with van der Waals surface area (Å²) in [5, 5.41) is 15.1. The number of halogens is 2. The van der Waals surface area contributed by atoms with Gasteiger partial charge in [-0.1, -0.05) is 29.3 Å². The SMILES string of the molecule is CC(C)Oc1cc(CO)n(C(C)c2ccc(Cl)cc2Cl)n1. The van der Waals surface area contributed by atoms with Crippen LogP contribution in [0.3, 0.4) is 0 Å². The Morgan fingerprint density at radius 2 is 1.95 bits per heavy atom. The molecule has 1 aromatic carbocycles. The van der Waals surface area contributed by atoms with Gasteiger partial charge in [-0.15, -0.1) is 5.10 Å². The van der Waals surface area contributed by atoms with Crippen molar-refractivity contribution in [2.45, 2.75) is 39.5 Å². The van der Waals surface area contributed by atoms with E-state index >= 15 is 0 Å². The molecule has 2 aromatic rings. The van der Waals surface area contributed by atoms with E-state index in [1.54, 1.807) is 22.9 Å². The number of ether oxygens (including phenoxy) is 1. The Balaban J connectivity index is 2.37. The van der Waals surface area contributed by atoms with E-state index in [1.807, 2.05) is 26.8 Å². The Kier molecular flexibility index (Phi) is 5.14. The summed E-state index contributed by atoms with van der Waals surface area (Å²) in [5.41, 5.74) is 1.55. The van der Waals surface area contributed by atoms with E-state index in [1.165, 1.54) is 0 Å². The second-order valence-corrected chi connectivity index (χ2v) is 5.93. The molecule has 0 saturated heterocycles.